The Bertz CT molecular complexity index is 282. The number of rotatable bonds is 1. The normalized spacial score (nSPS) is 36.4. The Kier molecular flexibility index (Phi) is 3.04. The van der Waals surface area contributed by atoms with E-state index >= 15 is 0 Å². The van der Waals surface area contributed by atoms with E-state index in [0.29, 0.717) is 0 Å². The highest BCUT2D eigenvalue weighted by Crippen LogP contribution is 2.47. The molecule has 2 unspecified atom stereocenters. The van der Waals surface area contributed by atoms with Gasteiger partial charge in [-0.3, -0.25) is 0 Å². The topological polar surface area (TPSA) is 0 Å². The molecule has 0 N–H and O–H groups in total. The van der Waals surface area contributed by atoms with Crippen LogP contribution in [0, 0.1) is 23.7 Å². The molecule has 15 heavy (non-hydrogen) atoms. The number of hydrogen-bond acceptors (Lipinski definition) is 0. The van der Waals surface area contributed by atoms with Crippen molar-refractivity contribution in [2.75, 3.05) is 0 Å². The molecule has 0 spiro atoms. The van der Waals surface area contributed by atoms with Crippen molar-refractivity contribution < 1.29 is 0 Å². The monoisotopic (exact) mass is 204 g/mol. The summed E-state index contributed by atoms with van der Waals surface area (Å²) in [6, 6.07) is 0. The van der Waals surface area contributed by atoms with E-state index in [1.54, 1.807) is 5.57 Å². The van der Waals surface area contributed by atoms with Crippen molar-refractivity contribution in [3.05, 3.63) is 23.8 Å². The van der Waals surface area contributed by atoms with Crippen LogP contribution in [0.4, 0.5) is 0 Å². The minimum absolute atomic E-state index is 0.801. The Morgan fingerprint density at radius 1 is 1.40 bits per heavy atom. The molecule has 0 heteroatoms. The van der Waals surface area contributed by atoms with Gasteiger partial charge in [0, 0.05) is 0 Å². The molecule has 0 aromatic carbocycles. The largest absolute Gasteiger partial charge is 0.0996 e. The first-order valence-corrected chi connectivity index (χ1v) is 6.43. The standard InChI is InChI=1S/C15H24/c1-10(2)13-8-6-12(4)14-7-5-11(3)9-15(13)14/h5,10,13-15H,4,6-9H2,1-3H3/t13-,14?,15?/m0/s1. The molecule has 2 aliphatic rings. The van der Waals surface area contributed by atoms with E-state index in [0.717, 1.165) is 23.7 Å². The number of fused-ring (bicyclic) bond motifs is 1. The Balaban J connectivity index is 2.20. The van der Waals surface area contributed by atoms with Gasteiger partial charge in [0.1, 0.15) is 0 Å². The van der Waals surface area contributed by atoms with Crippen molar-refractivity contribution >= 4 is 0 Å². The zero-order chi connectivity index (χ0) is 11.0. The highest BCUT2D eigenvalue weighted by molar-refractivity contribution is 5.17. The lowest BCUT2D eigenvalue weighted by molar-refractivity contribution is 0.146. The van der Waals surface area contributed by atoms with Crippen LogP contribution in [0.1, 0.15) is 46.5 Å². The number of hydrogen-bond donors (Lipinski definition) is 0. The fourth-order valence-corrected chi connectivity index (χ4v) is 3.60. The van der Waals surface area contributed by atoms with E-state index in [-0.39, 0.29) is 0 Å². The maximum absolute atomic E-state index is 4.29. The van der Waals surface area contributed by atoms with Crippen LogP contribution >= 0.6 is 0 Å². The SMILES string of the molecule is C=C1CC[C@@H](C(C)C)C2CC(C)=CCC12. The molecule has 0 aromatic heterocycles. The molecule has 0 radical (unpaired) electrons. The molecule has 0 aliphatic heterocycles. The van der Waals surface area contributed by atoms with Crippen LogP contribution in [0.3, 0.4) is 0 Å². The van der Waals surface area contributed by atoms with Crippen LogP contribution in [0.15, 0.2) is 23.8 Å². The summed E-state index contributed by atoms with van der Waals surface area (Å²) in [6.45, 7) is 11.4. The van der Waals surface area contributed by atoms with Gasteiger partial charge < -0.3 is 0 Å². The molecular weight excluding hydrogens is 180 g/mol. The van der Waals surface area contributed by atoms with Gasteiger partial charge in [0.25, 0.3) is 0 Å². The average molecular weight is 204 g/mol. The van der Waals surface area contributed by atoms with Gasteiger partial charge in [-0.25, -0.2) is 0 Å². The maximum atomic E-state index is 4.29. The van der Waals surface area contributed by atoms with Gasteiger partial charge in [0.2, 0.25) is 0 Å². The average Bonchev–Trinajstić information content (AvgIpc) is 2.17. The van der Waals surface area contributed by atoms with E-state index in [1.165, 1.54) is 31.3 Å². The first-order valence-electron chi connectivity index (χ1n) is 6.43. The third kappa shape index (κ3) is 2.04. The second-order valence-corrected chi connectivity index (χ2v) is 5.87. The Hall–Kier alpha value is -0.520. The summed E-state index contributed by atoms with van der Waals surface area (Å²) >= 11 is 0. The molecule has 1 fully saturated rings. The van der Waals surface area contributed by atoms with E-state index in [9.17, 15) is 0 Å². The fourth-order valence-electron chi connectivity index (χ4n) is 3.60. The second-order valence-electron chi connectivity index (χ2n) is 5.87. The first-order chi connectivity index (χ1) is 7.09. The highest BCUT2D eigenvalue weighted by atomic mass is 14.4. The van der Waals surface area contributed by atoms with Crippen LogP contribution < -0.4 is 0 Å². The lowest BCUT2D eigenvalue weighted by Crippen LogP contribution is -2.34. The molecule has 0 aromatic rings. The molecule has 0 bridgehead atoms. The lowest BCUT2D eigenvalue weighted by Gasteiger charge is -2.44. The smallest absolute Gasteiger partial charge is 0.0137 e. The van der Waals surface area contributed by atoms with Gasteiger partial charge >= 0.3 is 0 Å². The third-order valence-electron chi connectivity index (χ3n) is 4.52. The molecular formula is C15H24. The summed E-state index contributed by atoms with van der Waals surface area (Å²) < 4.78 is 0. The first kappa shape index (κ1) is 11.0. The second kappa shape index (κ2) is 4.15. The molecule has 1 saturated carbocycles. The van der Waals surface area contributed by atoms with Gasteiger partial charge in [-0.15, -0.1) is 0 Å². The summed E-state index contributed by atoms with van der Waals surface area (Å²) in [7, 11) is 0. The molecule has 2 aliphatic carbocycles. The molecule has 3 atom stereocenters. The Morgan fingerprint density at radius 3 is 2.80 bits per heavy atom. The molecule has 2 rings (SSSR count). The maximum Gasteiger partial charge on any atom is -0.0137 e. The molecule has 0 amide bonds. The van der Waals surface area contributed by atoms with Gasteiger partial charge in [0.15, 0.2) is 0 Å². The van der Waals surface area contributed by atoms with E-state index in [2.05, 4.69) is 33.4 Å². The van der Waals surface area contributed by atoms with Gasteiger partial charge in [-0.1, -0.05) is 37.6 Å². The predicted molar refractivity (Wildman–Crippen MR) is 66.7 cm³/mol. The highest BCUT2D eigenvalue weighted by Gasteiger charge is 2.37. The van der Waals surface area contributed by atoms with E-state index < -0.39 is 0 Å². The van der Waals surface area contributed by atoms with Crippen LogP contribution in [-0.4, -0.2) is 0 Å². The fraction of sp³-hybridized carbons (Fsp3) is 0.733. The minimum Gasteiger partial charge on any atom is -0.0996 e. The summed E-state index contributed by atoms with van der Waals surface area (Å²) in [5.74, 6) is 3.48. The van der Waals surface area contributed by atoms with Crippen molar-refractivity contribution in [3.8, 4) is 0 Å². The summed E-state index contributed by atoms with van der Waals surface area (Å²) in [5, 5.41) is 0. The molecule has 0 heterocycles. The zero-order valence-corrected chi connectivity index (χ0v) is 10.4. The van der Waals surface area contributed by atoms with Crippen molar-refractivity contribution in [3.63, 3.8) is 0 Å². The quantitative estimate of drug-likeness (QED) is 0.548. The van der Waals surface area contributed by atoms with Gasteiger partial charge in [-0.2, -0.15) is 0 Å². The van der Waals surface area contributed by atoms with Crippen molar-refractivity contribution in [2.45, 2.75) is 46.5 Å². The molecule has 84 valence electrons. The Morgan fingerprint density at radius 2 is 2.13 bits per heavy atom. The third-order valence-corrected chi connectivity index (χ3v) is 4.52. The van der Waals surface area contributed by atoms with E-state index in [1.807, 2.05) is 0 Å². The van der Waals surface area contributed by atoms with Crippen LogP contribution in [0.5, 0.6) is 0 Å². The van der Waals surface area contributed by atoms with Gasteiger partial charge in [0.05, 0.1) is 0 Å². The van der Waals surface area contributed by atoms with Crippen LogP contribution in [0.2, 0.25) is 0 Å². The van der Waals surface area contributed by atoms with Gasteiger partial charge in [-0.05, 0) is 56.3 Å². The minimum atomic E-state index is 0.801. The van der Waals surface area contributed by atoms with E-state index in [4.69, 9.17) is 0 Å². The predicted octanol–water partition coefficient (Wildman–Crippen LogP) is 4.58. The van der Waals surface area contributed by atoms with Crippen LogP contribution in [-0.2, 0) is 0 Å². The Labute approximate surface area is 94.5 Å². The summed E-state index contributed by atoms with van der Waals surface area (Å²) in [6.07, 6.45) is 7.68. The molecule has 0 nitrogen and oxygen atoms in total. The summed E-state index contributed by atoms with van der Waals surface area (Å²) in [5.41, 5.74) is 3.14. The zero-order valence-electron chi connectivity index (χ0n) is 10.4. The summed E-state index contributed by atoms with van der Waals surface area (Å²) in [4.78, 5) is 0. The number of allylic oxidation sites excluding steroid dienone is 3. The van der Waals surface area contributed by atoms with Crippen molar-refractivity contribution in [1.82, 2.24) is 0 Å². The lowest BCUT2D eigenvalue weighted by atomic mass is 9.61. The van der Waals surface area contributed by atoms with Crippen LogP contribution in [0.25, 0.3) is 0 Å². The molecule has 0 saturated heterocycles. The van der Waals surface area contributed by atoms with Crippen molar-refractivity contribution in [1.29, 1.82) is 0 Å². The van der Waals surface area contributed by atoms with Crippen molar-refractivity contribution in [2.24, 2.45) is 23.7 Å².